The molecule has 29 heavy (non-hydrogen) atoms. The minimum atomic E-state index is -0.685. The van der Waals surface area contributed by atoms with E-state index in [-0.39, 0.29) is 11.5 Å². The van der Waals surface area contributed by atoms with Gasteiger partial charge in [0.2, 0.25) is 5.95 Å². The van der Waals surface area contributed by atoms with Crippen molar-refractivity contribution in [2.75, 3.05) is 41.3 Å². The molecule has 1 aliphatic heterocycles. The summed E-state index contributed by atoms with van der Waals surface area (Å²) in [4.78, 5) is 13.1. The Morgan fingerprint density at radius 2 is 1.45 bits per heavy atom. The summed E-state index contributed by atoms with van der Waals surface area (Å²) in [6.45, 7) is 4.62. The van der Waals surface area contributed by atoms with E-state index in [2.05, 4.69) is 20.2 Å². The minimum Gasteiger partial charge on any atom is -0.368 e. The van der Waals surface area contributed by atoms with Crippen molar-refractivity contribution < 1.29 is 13.2 Å². The molecule has 2 heterocycles. The van der Waals surface area contributed by atoms with Crippen LogP contribution in [0.25, 0.3) is 0 Å². The number of anilines is 4. The van der Waals surface area contributed by atoms with Gasteiger partial charge in [0.1, 0.15) is 29.0 Å². The molecule has 1 N–H and O–H groups in total. The summed E-state index contributed by atoms with van der Waals surface area (Å²) in [6.07, 6.45) is 0. The number of nitrogens with one attached hydrogen (secondary N) is 1. The van der Waals surface area contributed by atoms with Crippen molar-refractivity contribution >= 4 is 23.1 Å². The van der Waals surface area contributed by atoms with E-state index < -0.39 is 11.6 Å². The zero-order valence-electron chi connectivity index (χ0n) is 15.9. The van der Waals surface area contributed by atoms with Crippen molar-refractivity contribution in [2.24, 2.45) is 0 Å². The molecule has 0 radical (unpaired) electrons. The van der Waals surface area contributed by atoms with Crippen molar-refractivity contribution in [2.45, 2.75) is 6.92 Å². The Hall–Kier alpha value is -3.29. The SMILES string of the molecule is Cc1cc(Nc2c(F)cccc2F)nc(N2CCN(c3ccc(F)cc3)CC2)n1. The fraction of sp³-hybridized carbons (Fsp3) is 0.238. The van der Waals surface area contributed by atoms with Gasteiger partial charge in [-0.15, -0.1) is 0 Å². The number of halogens is 3. The van der Waals surface area contributed by atoms with E-state index in [1.165, 1.54) is 30.3 Å². The number of para-hydroxylation sites is 1. The Morgan fingerprint density at radius 3 is 2.10 bits per heavy atom. The van der Waals surface area contributed by atoms with Gasteiger partial charge in [0, 0.05) is 43.6 Å². The third-order valence-corrected chi connectivity index (χ3v) is 4.81. The van der Waals surface area contributed by atoms with Crippen LogP contribution in [0.3, 0.4) is 0 Å². The van der Waals surface area contributed by atoms with Crippen molar-refractivity contribution in [1.29, 1.82) is 0 Å². The van der Waals surface area contributed by atoms with E-state index >= 15 is 0 Å². The van der Waals surface area contributed by atoms with Crippen molar-refractivity contribution in [1.82, 2.24) is 9.97 Å². The van der Waals surface area contributed by atoms with Crippen LogP contribution in [0.2, 0.25) is 0 Å². The van der Waals surface area contributed by atoms with Gasteiger partial charge in [-0.2, -0.15) is 4.98 Å². The molecule has 1 saturated heterocycles. The average molecular weight is 399 g/mol. The van der Waals surface area contributed by atoms with Crippen molar-refractivity contribution in [3.05, 3.63) is 71.7 Å². The first-order chi connectivity index (χ1) is 14.0. The molecule has 5 nitrogen and oxygen atoms in total. The molecule has 0 aliphatic carbocycles. The lowest BCUT2D eigenvalue weighted by Crippen LogP contribution is -2.47. The highest BCUT2D eigenvalue weighted by Crippen LogP contribution is 2.24. The number of nitrogens with zero attached hydrogens (tertiary/aromatic N) is 4. The summed E-state index contributed by atoms with van der Waals surface area (Å²) >= 11 is 0. The minimum absolute atomic E-state index is 0.238. The average Bonchev–Trinajstić information content (AvgIpc) is 2.71. The van der Waals surface area contributed by atoms with Gasteiger partial charge in [-0.3, -0.25) is 0 Å². The second kappa shape index (κ2) is 7.98. The number of hydrogen-bond acceptors (Lipinski definition) is 5. The van der Waals surface area contributed by atoms with E-state index in [1.54, 1.807) is 18.2 Å². The third-order valence-electron chi connectivity index (χ3n) is 4.81. The number of hydrogen-bond donors (Lipinski definition) is 1. The summed E-state index contributed by atoms with van der Waals surface area (Å²) in [5.41, 5.74) is 1.42. The second-order valence-electron chi connectivity index (χ2n) is 6.87. The standard InChI is InChI=1S/C21H20F3N5/c1-14-13-19(26-20-17(23)3-2-4-18(20)24)27-21(25-14)29-11-9-28(10-12-29)16-7-5-15(22)6-8-16/h2-8,13H,9-12H2,1H3,(H,25,26,27). The summed E-state index contributed by atoms with van der Waals surface area (Å²) in [6, 6.07) is 11.8. The van der Waals surface area contributed by atoms with E-state index in [4.69, 9.17) is 0 Å². The summed E-state index contributed by atoms with van der Waals surface area (Å²) < 4.78 is 41.0. The maximum absolute atomic E-state index is 13.9. The first-order valence-electron chi connectivity index (χ1n) is 9.32. The summed E-state index contributed by atoms with van der Waals surface area (Å²) in [5, 5.41) is 2.73. The Morgan fingerprint density at radius 1 is 0.828 bits per heavy atom. The van der Waals surface area contributed by atoms with Crippen LogP contribution >= 0.6 is 0 Å². The predicted octanol–water partition coefficient (Wildman–Crippen LogP) is 4.27. The molecule has 0 bridgehead atoms. The highest BCUT2D eigenvalue weighted by Gasteiger charge is 2.20. The molecule has 1 aromatic heterocycles. The first-order valence-corrected chi connectivity index (χ1v) is 9.32. The molecule has 0 atom stereocenters. The van der Waals surface area contributed by atoms with Gasteiger partial charge in [0.25, 0.3) is 0 Å². The van der Waals surface area contributed by atoms with Gasteiger partial charge in [0.15, 0.2) is 0 Å². The number of aromatic nitrogens is 2. The van der Waals surface area contributed by atoms with Crippen LogP contribution < -0.4 is 15.1 Å². The number of benzene rings is 2. The van der Waals surface area contributed by atoms with Gasteiger partial charge in [-0.05, 0) is 43.3 Å². The lowest BCUT2D eigenvalue weighted by atomic mass is 10.2. The zero-order chi connectivity index (χ0) is 20.4. The van der Waals surface area contributed by atoms with Crippen LogP contribution in [0.15, 0.2) is 48.5 Å². The lowest BCUT2D eigenvalue weighted by molar-refractivity contribution is 0.590. The molecule has 0 spiro atoms. The van der Waals surface area contributed by atoms with Gasteiger partial charge >= 0.3 is 0 Å². The molecule has 0 saturated carbocycles. The van der Waals surface area contributed by atoms with Crippen LogP contribution in [-0.4, -0.2) is 36.1 Å². The maximum Gasteiger partial charge on any atom is 0.227 e. The normalized spacial score (nSPS) is 14.2. The van der Waals surface area contributed by atoms with Gasteiger partial charge in [0.05, 0.1) is 0 Å². The maximum atomic E-state index is 13.9. The second-order valence-corrected chi connectivity index (χ2v) is 6.87. The fourth-order valence-corrected chi connectivity index (χ4v) is 3.32. The van der Waals surface area contributed by atoms with Gasteiger partial charge in [-0.1, -0.05) is 6.07 Å². The van der Waals surface area contributed by atoms with Crippen LogP contribution in [0.4, 0.5) is 36.3 Å². The quantitative estimate of drug-likeness (QED) is 0.710. The first kappa shape index (κ1) is 19.0. The molecule has 2 aromatic carbocycles. The number of aryl methyl sites for hydroxylation is 1. The predicted molar refractivity (Wildman–Crippen MR) is 107 cm³/mol. The molecule has 0 amide bonds. The van der Waals surface area contributed by atoms with Crippen LogP contribution in [0.5, 0.6) is 0 Å². The molecule has 4 rings (SSSR count). The van der Waals surface area contributed by atoms with E-state index in [9.17, 15) is 13.2 Å². The molecule has 1 fully saturated rings. The number of rotatable bonds is 4. The Kier molecular flexibility index (Phi) is 5.24. The third kappa shape index (κ3) is 4.26. The lowest BCUT2D eigenvalue weighted by Gasteiger charge is -2.36. The Labute approximate surface area is 166 Å². The molecule has 3 aromatic rings. The molecular weight excluding hydrogens is 379 g/mol. The fourth-order valence-electron chi connectivity index (χ4n) is 3.32. The van der Waals surface area contributed by atoms with E-state index in [1.807, 2.05) is 11.8 Å². The van der Waals surface area contributed by atoms with Crippen LogP contribution in [0, 0.1) is 24.4 Å². The molecule has 0 unspecified atom stereocenters. The molecule has 8 heteroatoms. The van der Waals surface area contributed by atoms with E-state index in [0.29, 0.717) is 30.5 Å². The monoisotopic (exact) mass is 399 g/mol. The van der Waals surface area contributed by atoms with Crippen LogP contribution in [0.1, 0.15) is 5.69 Å². The van der Waals surface area contributed by atoms with Crippen molar-refractivity contribution in [3.8, 4) is 0 Å². The topological polar surface area (TPSA) is 44.3 Å². The summed E-state index contributed by atoms with van der Waals surface area (Å²) in [5.74, 6) is -0.793. The zero-order valence-corrected chi connectivity index (χ0v) is 15.9. The summed E-state index contributed by atoms with van der Waals surface area (Å²) in [7, 11) is 0. The molecule has 150 valence electrons. The Bertz CT molecular complexity index is 981. The van der Waals surface area contributed by atoms with Crippen molar-refractivity contribution in [3.63, 3.8) is 0 Å². The van der Waals surface area contributed by atoms with Gasteiger partial charge < -0.3 is 15.1 Å². The molecule has 1 aliphatic rings. The number of piperazine rings is 1. The highest BCUT2D eigenvalue weighted by atomic mass is 19.1. The van der Waals surface area contributed by atoms with Gasteiger partial charge in [-0.25, -0.2) is 18.2 Å². The highest BCUT2D eigenvalue weighted by molar-refractivity contribution is 5.59. The largest absolute Gasteiger partial charge is 0.368 e. The smallest absolute Gasteiger partial charge is 0.227 e. The van der Waals surface area contributed by atoms with Crippen LogP contribution in [-0.2, 0) is 0 Å². The Balaban J connectivity index is 1.49. The molecular formula is C21H20F3N5. The van der Waals surface area contributed by atoms with E-state index in [0.717, 1.165) is 18.8 Å².